The van der Waals surface area contributed by atoms with Crippen molar-refractivity contribution in [3.63, 3.8) is 0 Å². The molecule has 52 valence electrons. The standard InChI is InChI=1S/C6H14BNO/c1-7(9)8-6-4-2-3-5-6/h6,8-9H,2-5H2,1H3. The lowest BCUT2D eigenvalue weighted by Crippen LogP contribution is -2.38. The minimum Gasteiger partial charge on any atom is -0.437 e. The highest BCUT2D eigenvalue weighted by Crippen LogP contribution is 2.17. The topological polar surface area (TPSA) is 32.3 Å². The van der Waals surface area contributed by atoms with E-state index >= 15 is 0 Å². The van der Waals surface area contributed by atoms with E-state index in [9.17, 15) is 0 Å². The Hall–Kier alpha value is -0.0151. The normalized spacial score (nSPS) is 20.7. The van der Waals surface area contributed by atoms with E-state index in [1.54, 1.807) is 6.82 Å². The first kappa shape index (κ1) is 7.10. The van der Waals surface area contributed by atoms with Gasteiger partial charge in [-0.3, -0.25) is 0 Å². The van der Waals surface area contributed by atoms with E-state index < -0.39 is 0 Å². The van der Waals surface area contributed by atoms with Crippen LogP contribution >= 0.6 is 0 Å². The van der Waals surface area contributed by atoms with Crippen molar-refractivity contribution in [2.24, 2.45) is 0 Å². The van der Waals surface area contributed by atoms with Crippen LogP contribution in [0.4, 0.5) is 0 Å². The van der Waals surface area contributed by atoms with Gasteiger partial charge in [0.15, 0.2) is 0 Å². The second-order valence-electron chi connectivity index (χ2n) is 2.82. The fourth-order valence-corrected chi connectivity index (χ4v) is 1.43. The molecule has 0 aromatic carbocycles. The summed E-state index contributed by atoms with van der Waals surface area (Å²) in [5.74, 6) is 0. The van der Waals surface area contributed by atoms with Crippen LogP contribution in [0.15, 0.2) is 0 Å². The molecule has 0 amide bonds. The average Bonchev–Trinajstić information content (AvgIpc) is 2.15. The molecular weight excluding hydrogens is 113 g/mol. The van der Waals surface area contributed by atoms with E-state index in [4.69, 9.17) is 5.02 Å². The van der Waals surface area contributed by atoms with E-state index in [2.05, 4.69) is 5.23 Å². The molecule has 1 saturated carbocycles. The summed E-state index contributed by atoms with van der Waals surface area (Å²) in [5, 5.41) is 12.0. The van der Waals surface area contributed by atoms with Crippen molar-refractivity contribution in [1.29, 1.82) is 0 Å². The molecule has 0 unspecified atom stereocenters. The van der Waals surface area contributed by atoms with Gasteiger partial charge in [0.25, 0.3) is 0 Å². The minimum absolute atomic E-state index is 0.326. The summed E-state index contributed by atoms with van der Waals surface area (Å²) in [5.41, 5.74) is 0. The molecule has 3 heteroatoms. The number of nitrogens with one attached hydrogen (secondary N) is 1. The van der Waals surface area contributed by atoms with Gasteiger partial charge in [-0.1, -0.05) is 12.8 Å². The van der Waals surface area contributed by atoms with Gasteiger partial charge < -0.3 is 10.3 Å². The van der Waals surface area contributed by atoms with Crippen LogP contribution < -0.4 is 5.23 Å². The Kier molecular flexibility index (Phi) is 2.55. The highest BCUT2D eigenvalue weighted by atomic mass is 16.2. The average molecular weight is 127 g/mol. The van der Waals surface area contributed by atoms with Crippen LogP contribution in [-0.2, 0) is 0 Å². The molecule has 0 spiro atoms. The maximum absolute atomic E-state index is 8.90. The van der Waals surface area contributed by atoms with Crippen molar-refractivity contribution >= 4 is 7.05 Å². The quantitative estimate of drug-likeness (QED) is 0.533. The Labute approximate surface area is 56.8 Å². The fourth-order valence-electron chi connectivity index (χ4n) is 1.43. The van der Waals surface area contributed by atoms with E-state index in [0.29, 0.717) is 6.04 Å². The number of hydrogen-bond donors (Lipinski definition) is 2. The fraction of sp³-hybridized carbons (Fsp3) is 1.00. The van der Waals surface area contributed by atoms with Crippen LogP contribution in [0.2, 0.25) is 6.82 Å². The van der Waals surface area contributed by atoms with E-state index in [-0.39, 0.29) is 7.05 Å². The molecule has 2 nitrogen and oxygen atoms in total. The number of rotatable bonds is 2. The molecule has 1 rings (SSSR count). The highest BCUT2D eigenvalue weighted by Gasteiger charge is 2.16. The molecule has 0 aliphatic heterocycles. The van der Waals surface area contributed by atoms with Gasteiger partial charge in [0.2, 0.25) is 0 Å². The molecule has 0 atom stereocenters. The van der Waals surface area contributed by atoms with E-state index in [1.807, 2.05) is 0 Å². The minimum atomic E-state index is -0.326. The summed E-state index contributed by atoms with van der Waals surface area (Å²) in [6.45, 7) is 1.78. The summed E-state index contributed by atoms with van der Waals surface area (Å²) in [7, 11) is -0.326. The van der Waals surface area contributed by atoms with Crippen LogP contribution in [0.1, 0.15) is 25.7 Å². The molecule has 0 saturated heterocycles. The molecule has 0 aromatic rings. The lowest BCUT2D eigenvalue weighted by molar-refractivity contribution is 0.518. The van der Waals surface area contributed by atoms with Crippen molar-refractivity contribution in [2.45, 2.75) is 38.5 Å². The molecule has 1 fully saturated rings. The Morgan fingerprint density at radius 2 is 2.00 bits per heavy atom. The van der Waals surface area contributed by atoms with Gasteiger partial charge >= 0.3 is 7.05 Å². The summed E-state index contributed by atoms with van der Waals surface area (Å²) >= 11 is 0. The van der Waals surface area contributed by atoms with Gasteiger partial charge in [-0.05, 0) is 25.7 Å². The van der Waals surface area contributed by atoms with E-state index in [1.165, 1.54) is 25.7 Å². The molecule has 1 aliphatic carbocycles. The smallest absolute Gasteiger partial charge is 0.373 e. The maximum Gasteiger partial charge on any atom is 0.373 e. The molecule has 9 heavy (non-hydrogen) atoms. The molecular formula is C6H14BNO. The zero-order valence-electron chi connectivity index (χ0n) is 5.93. The molecule has 1 aliphatic rings. The van der Waals surface area contributed by atoms with Gasteiger partial charge in [-0.25, -0.2) is 0 Å². The third-order valence-electron chi connectivity index (χ3n) is 1.83. The first-order valence-corrected chi connectivity index (χ1v) is 3.73. The van der Waals surface area contributed by atoms with Crippen molar-refractivity contribution in [2.75, 3.05) is 0 Å². The second-order valence-corrected chi connectivity index (χ2v) is 2.82. The van der Waals surface area contributed by atoms with Crippen molar-refractivity contribution in [3.8, 4) is 0 Å². The zero-order chi connectivity index (χ0) is 6.69. The highest BCUT2D eigenvalue weighted by molar-refractivity contribution is 6.45. The predicted octanol–water partition coefficient (Wildman–Crippen LogP) is 0.629. The first-order valence-electron chi connectivity index (χ1n) is 3.73. The summed E-state index contributed by atoms with van der Waals surface area (Å²) in [4.78, 5) is 0. The Morgan fingerprint density at radius 1 is 1.44 bits per heavy atom. The van der Waals surface area contributed by atoms with Gasteiger partial charge in [-0.15, -0.1) is 0 Å². The predicted molar refractivity (Wildman–Crippen MR) is 39.2 cm³/mol. The third-order valence-corrected chi connectivity index (χ3v) is 1.83. The SMILES string of the molecule is CB(O)NC1CCCC1. The van der Waals surface area contributed by atoms with Crippen LogP contribution in [0.3, 0.4) is 0 Å². The second kappa shape index (κ2) is 3.23. The first-order chi connectivity index (χ1) is 4.29. The van der Waals surface area contributed by atoms with Crippen molar-refractivity contribution in [3.05, 3.63) is 0 Å². The van der Waals surface area contributed by atoms with Crippen molar-refractivity contribution in [1.82, 2.24) is 5.23 Å². The molecule has 0 heterocycles. The molecule has 0 aromatic heterocycles. The third kappa shape index (κ3) is 2.37. The van der Waals surface area contributed by atoms with Crippen molar-refractivity contribution < 1.29 is 5.02 Å². The Balaban J connectivity index is 2.11. The maximum atomic E-state index is 8.90. The lowest BCUT2D eigenvalue weighted by atomic mass is 9.87. The Morgan fingerprint density at radius 3 is 2.44 bits per heavy atom. The van der Waals surface area contributed by atoms with Gasteiger partial charge in [0.1, 0.15) is 0 Å². The summed E-state index contributed by atoms with van der Waals surface area (Å²) in [6.07, 6.45) is 5.13. The van der Waals surface area contributed by atoms with Gasteiger partial charge in [0, 0.05) is 0 Å². The molecule has 0 bridgehead atoms. The van der Waals surface area contributed by atoms with Gasteiger partial charge in [0.05, 0.1) is 0 Å². The van der Waals surface area contributed by atoms with Crippen LogP contribution in [0.5, 0.6) is 0 Å². The molecule has 0 radical (unpaired) electrons. The monoisotopic (exact) mass is 127 g/mol. The van der Waals surface area contributed by atoms with Crippen LogP contribution in [-0.4, -0.2) is 18.1 Å². The summed E-state index contributed by atoms with van der Waals surface area (Å²) in [6, 6.07) is 0.588. The molecule has 2 N–H and O–H groups in total. The van der Waals surface area contributed by atoms with Crippen LogP contribution in [0.25, 0.3) is 0 Å². The summed E-state index contributed by atoms with van der Waals surface area (Å²) < 4.78 is 0. The largest absolute Gasteiger partial charge is 0.437 e. The van der Waals surface area contributed by atoms with E-state index in [0.717, 1.165) is 0 Å². The number of hydrogen-bond acceptors (Lipinski definition) is 2. The Bertz CT molecular complexity index is 81.1. The lowest BCUT2D eigenvalue weighted by Gasteiger charge is -2.10. The van der Waals surface area contributed by atoms with Gasteiger partial charge in [-0.2, -0.15) is 0 Å². The van der Waals surface area contributed by atoms with Crippen LogP contribution in [0, 0.1) is 0 Å². The zero-order valence-corrected chi connectivity index (χ0v) is 5.93.